The minimum atomic E-state index is -3.88. The molecule has 0 atom stereocenters. The molecule has 2 aromatic rings. The van der Waals surface area contributed by atoms with Gasteiger partial charge in [0, 0.05) is 38.3 Å². The molecule has 0 amide bonds. The molecule has 3 rings (SSSR count). The predicted octanol–water partition coefficient (Wildman–Crippen LogP) is 1.69. The van der Waals surface area contributed by atoms with Crippen molar-refractivity contribution in [2.24, 2.45) is 0 Å². The molecule has 10 nitrogen and oxygen atoms in total. The van der Waals surface area contributed by atoms with Crippen molar-refractivity contribution in [1.29, 1.82) is 0 Å². The minimum absolute atomic E-state index is 0.00174. The number of sulfonamides is 2. The van der Waals surface area contributed by atoms with E-state index in [4.69, 9.17) is 4.74 Å². The van der Waals surface area contributed by atoms with Gasteiger partial charge >= 0.3 is 0 Å². The summed E-state index contributed by atoms with van der Waals surface area (Å²) in [4.78, 5) is 10.2. The summed E-state index contributed by atoms with van der Waals surface area (Å²) in [5.41, 5.74) is -0.208. The van der Waals surface area contributed by atoms with Gasteiger partial charge in [0.15, 0.2) is 0 Å². The van der Waals surface area contributed by atoms with Crippen LogP contribution < -0.4 is 4.74 Å². The monoisotopic (exact) mass is 455 g/mol. The Hall–Kier alpha value is -2.54. The van der Waals surface area contributed by atoms with Crippen LogP contribution in [0.1, 0.15) is 6.92 Å². The van der Waals surface area contributed by atoms with E-state index in [1.54, 1.807) is 12.1 Å². The summed E-state index contributed by atoms with van der Waals surface area (Å²) in [5, 5.41) is 10.7. The molecule has 162 valence electrons. The molecule has 0 spiro atoms. The summed E-state index contributed by atoms with van der Waals surface area (Å²) in [6.45, 7) is 2.26. The first-order chi connectivity index (χ1) is 14.2. The van der Waals surface area contributed by atoms with Crippen molar-refractivity contribution in [3.8, 4) is 5.75 Å². The van der Waals surface area contributed by atoms with Crippen LogP contribution in [0.15, 0.2) is 58.3 Å². The Morgan fingerprint density at radius 3 is 1.60 bits per heavy atom. The molecule has 0 N–H and O–H groups in total. The molecule has 0 unspecified atom stereocenters. The fraction of sp³-hybridized carbons (Fsp3) is 0.333. The highest BCUT2D eigenvalue weighted by molar-refractivity contribution is 7.89. The third-order valence-corrected chi connectivity index (χ3v) is 8.48. The lowest BCUT2D eigenvalue weighted by Crippen LogP contribution is -2.50. The number of nitro groups is 1. The smallest absolute Gasteiger partial charge is 0.269 e. The van der Waals surface area contributed by atoms with Crippen LogP contribution in [0.3, 0.4) is 0 Å². The number of nitrogens with zero attached hydrogens (tertiary/aromatic N) is 3. The van der Waals surface area contributed by atoms with Gasteiger partial charge < -0.3 is 4.74 Å². The Kier molecular flexibility index (Phi) is 6.41. The largest absolute Gasteiger partial charge is 0.494 e. The standard InChI is InChI=1S/C18H21N3O7S2/c1-2-28-16-5-9-18(10-6-16)30(26,27)20-13-11-19(12-14-20)29(24,25)17-7-3-15(4-8-17)21(22)23/h3-10H,2,11-14H2,1H3. The van der Waals surface area contributed by atoms with Gasteiger partial charge in [-0.1, -0.05) is 0 Å². The summed E-state index contributed by atoms with van der Waals surface area (Å²) < 4.78 is 58.9. The van der Waals surface area contributed by atoms with Crippen LogP contribution in [0.2, 0.25) is 0 Å². The van der Waals surface area contributed by atoms with Crippen LogP contribution in [0.4, 0.5) is 5.69 Å². The van der Waals surface area contributed by atoms with E-state index in [1.165, 1.54) is 32.9 Å². The molecule has 1 saturated heterocycles. The summed E-state index contributed by atoms with van der Waals surface area (Å²) in [5.74, 6) is 0.565. The number of ether oxygens (including phenoxy) is 1. The Bertz CT molecular complexity index is 1110. The van der Waals surface area contributed by atoms with Gasteiger partial charge in [-0.2, -0.15) is 8.61 Å². The molecule has 0 radical (unpaired) electrons. The zero-order valence-electron chi connectivity index (χ0n) is 16.2. The summed E-state index contributed by atoms with van der Waals surface area (Å²) in [6.07, 6.45) is 0. The molecule has 12 heteroatoms. The van der Waals surface area contributed by atoms with Crippen molar-refractivity contribution >= 4 is 25.7 Å². The topological polar surface area (TPSA) is 127 Å². The number of non-ortho nitro benzene ring substituents is 1. The van der Waals surface area contributed by atoms with Gasteiger partial charge in [0.25, 0.3) is 5.69 Å². The first-order valence-electron chi connectivity index (χ1n) is 9.14. The van der Waals surface area contributed by atoms with E-state index in [9.17, 15) is 26.9 Å². The molecule has 0 aliphatic carbocycles. The summed E-state index contributed by atoms with van der Waals surface area (Å²) in [6, 6.07) is 10.7. The van der Waals surface area contributed by atoms with Crippen molar-refractivity contribution in [2.75, 3.05) is 32.8 Å². The Morgan fingerprint density at radius 2 is 1.23 bits per heavy atom. The number of benzene rings is 2. The molecule has 2 aromatic carbocycles. The molecule has 1 fully saturated rings. The van der Waals surface area contributed by atoms with Crippen LogP contribution in [0.25, 0.3) is 0 Å². The molecule has 0 aromatic heterocycles. The maximum absolute atomic E-state index is 12.8. The number of piperazine rings is 1. The molecule has 1 aliphatic heterocycles. The number of hydrogen-bond donors (Lipinski definition) is 0. The van der Waals surface area contributed by atoms with Crippen molar-refractivity contribution in [3.63, 3.8) is 0 Å². The Labute approximate surface area is 174 Å². The fourth-order valence-corrected chi connectivity index (χ4v) is 5.91. The van der Waals surface area contributed by atoms with Crippen LogP contribution in [0.5, 0.6) is 5.75 Å². The summed E-state index contributed by atoms with van der Waals surface area (Å²) >= 11 is 0. The van der Waals surface area contributed by atoms with Gasteiger partial charge in [-0.05, 0) is 43.3 Å². The van der Waals surface area contributed by atoms with Crippen LogP contribution >= 0.6 is 0 Å². The maximum Gasteiger partial charge on any atom is 0.269 e. The maximum atomic E-state index is 12.8. The lowest BCUT2D eigenvalue weighted by Gasteiger charge is -2.33. The quantitative estimate of drug-likeness (QED) is 0.459. The Morgan fingerprint density at radius 1 is 0.833 bits per heavy atom. The normalized spacial score (nSPS) is 16.3. The molecular formula is C18H21N3O7S2. The van der Waals surface area contributed by atoms with Gasteiger partial charge in [0.2, 0.25) is 20.0 Å². The van der Waals surface area contributed by atoms with Crippen molar-refractivity contribution in [3.05, 3.63) is 58.6 Å². The van der Waals surface area contributed by atoms with Crippen LogP contribution in [-0.4, -0.2) is 63.2 Å². The van der Waals surface area contributed by atoms with E-state index >= 15 is 0 Å². The second-order valence-electron chi connectivity index (χ2n) is 6.46. The number of nitro benzene ring substituents is 1. The fourth-order valence-electron chi connectivity index (χ4n) is 3.06. The van der Waals surface area contributed by atoms with E-state index in [0.29, 0.717) is 12.4 Å². The van der Waals surface area contributed by atoms with E-state index in [2.05, 4.69) is 0 Å². The zero-order chi connectivity index (χ0) is 21.9. The van der Waals surface area contributed by atoms with E-state index < -0.39 is 25.0 Å². The van der Waals surface area contributed by atoms with Crippen LogP contribution in [-0.2, 0) is 20.0 Å². The van der Waals surface area contributed by atoms with Gasteiger partial charge in [0.05, 0.1) is 21.3 Å². The van der Waals surface area contributed by atoms with Crippen molar-refractivity contribution < 1.29 is 26.5 Å². The van der Waals surface area contributed by atoms with E-state index in [-0.39, 0.29) is 41.7 Å². The van der Waals surface area contributed by atoms with Gasteiger partial charge in [0.1, 0.15) is 5.75 Å². The SMILES string of the molecule is CCOc1ccc(S(=O)(=O)N2CCN(S(=O)(=O)c3ccc([N+](=O)[O-])cc3)CC2)cc1. The first-order valence-corrected chi connectivity index (χ1v) is 12.0. The third-order valence-electron chi connectivity index (χ3n) is 4.66. The summed E-state index contributed by atoms with van der Waals surface area (Å²) in [7, 11) is -7.64. The highest BCUT2D eigenvalue weighted by Gasteiger charge is 2.33. The van der Waals surface area contributed by atoms with Crippen molar-refractivity contribution in [1.82, 2.24) is 8.61 Å². The van der Waals surface area contributed by atoms with E-state index in [0.717, 1.165) is 12.1 Å². The Balaban J connectivity index is 1.70. The lowest BCUT2D eigenvalue weighted by atomic mass is 10.3. The second kappa shape index (κ2) is 8.68. The molecule has 0 bridgehead atoms. The molecule has 1 aliphatic rings. The number of hydrogen-bond acceptors (Lipinski definition) is 7. The average molecular weight is 456 g/mol. The molecule has 0 saturated carbocycles. The van der Waals surface area contributed by atoms with Gasteiger partial charge in [-0.3, -0.25) is 10.1 Å². The first kappa shape index (κ1) is 22.2. The molecule has 1 heterocycles. The lowest BCUT2D eigenvalue weighted by molar-refractivity contribution is -0.384. The predicted molar refractivity (Wildman–Crippen MR) is 108 cm³/mol. The van der Waals surface area contributed by atoms with Gasteiger partial charge in [-0.25, -0.2) is 16.8 Å². The minimum Gasteiger partial charge on any atom is -0.494 e. The van der Waals surface area contributed by atoms with Crippen molar-refractivity contribution in [2.45, 2.75) is 16.7 Å². The van der Waals surface area contributed by atoms with Crippen LogP contribution in [0, 0.1) is 10.1 Å². The molecular weight excluding hydrogens is 434 g/mol. The third kappa shape index (κ3) is 4.46. The highest BCUT2D eigenvalue weighted by Crippen LogP contribution is 2.24. The van der Waals surface area contributed by atoms with Gasteiger partial charge in [-0.15, -0.1) is 0 Å². The highest BCUT2D eigenvalue weighted by atomic mass is 32.2. The molecule has 30 heavy (non-hydrogen) atoms. The second-order valence-corrected chi connectivity index (χ2v) is 10.3. The average Bonchev–Trinajstić information content (AvgIpc) is 2.74. The zero-order valence-corrected chi connectivity index (χ0v) is 17.8. The number of rotatable bonds is 7. The van der Waals surface area contributed by atoms with E-state index in [1.807, 2.05) is 6.92 Å².